The lowest BCUT2D eigenvalue weighted by Gasteiger charge is -2.34. The second kappa shape index (κ2) is 13.3. The molecule has 1 unspecified atom stereocenters. The second-order valence-corrected chi connectivity index (χ2v) is 11.0. The number of carboxylic acid groups (broad SMARTS) is 1. The van der Waals surface area contributed by atoms with Crippen molar-refractivity contribution in [3.05, 3.63) is 89.1 Å². The number of amides is 1. The van der Waals surface area contributed by atoms with Gasteiger partial charge in [-0.1, -0.05) is 12.1 Å². The summed E-state index contributed by atoms with van der Waals surface area (Å²) in [5.41, 5.74) is 3.35. The Hall–Kier alpha value is -4.35. The van der Waals surface area contributed by atoms with Gasteiger partial charge < -0.3 is 28.9 Å². The topological polar surface area (TPSA) is 110 Å². The standard InChI is InChI=1S/C32H36FN5O5/c1-36(2)31(39)22-7-8-24(26(33)15-22)19-43-30-6-4-5-27(35-30)21-11-13-37(14-12-21)17-25(42-3)18-38-20-34-28-10-9-23(32(40)41)16-29(28)38/h4-10,15-16,20-21,25H,11-14,17-19H2,1-3H3,(H,40,41). The zero-order valence-corrected chi connectivity index (χ0v) is 24.6. The van der Waals surface area contributed by atoms with Crippen molar-refractivity contribution in [2.75, 3.05) is 40.8 Å². The van der Waals surface area contributed by atoms with E-state index in [9.17, 15) is 19.1 Å². The average molecular weight is 590 g/mol. The molecule has 4 aromatic rings. The molecule has 10 nitrogen and oxygen atoms in total. The van der Waals surface area contributed by atoms with Gasteiger partial charge >= 0.3 is 5.97 Å². The number of methoxy groups -OCH3 is 1. The molecular weight excluding hydrogens is 553 g/mol. The van der Waals surface area contributed by atoms with Crippen molar-refractivity contribution >= 4 is 22.9 Å². The van der Waals surface area contributed by atoms with Gasteiger partial charge in [0.2, 0.25) is 5.88 Å². The minimum atomic E-state index is -0.967. The van der Waals surface area contributed by atoms with Crippen LogP contribution >= 0.6 is 0 Å². The Morgan fingerprint density at radius 2 is 1.84 bits per heavy atom. The van der Waals surface area contributed by atoms with Gasteiger partial charge in [-0.2, -0.15) is 0 Å². The lowest BCUT2D eigenvalue weighted by molar-refractivity contribution is 0.0447. The molecule has 2 aromatic carbocycles. The van der Waals surface area contributed by atoms with Crippen molar-refractivity contribution in [2.24, 2.45) is 0 Å². The molecule has 11 heteroatoms. The number of carbonyl (C=O) groups excluding carboxylic acids is 1. The minimum Gasteiger partial charge on any atom is -0.478 e. The normalized spacial score (nSPS) is 15.0. The summed E-state index contributed by atoms with van der Waals surface area (Å²) in [6.07, 6.45) is 3.50. The van der Waals surface area contributed by atoms with Gasteiger partial charge in [0.1, 0.15) is 12.4 Å². The number of carboxylic acids is 1. The average Bonchev–Trinajstić information content (AvgIpc) is 3.41. The molecule has 3 heterocycles. The molecule has 0 radical (unpaired) electrons. The third kappa shape index (κ3) is 7.18. The highest BCUT2D eigenvalue weighted by atomic mass is 19.1. The van der Waals surface area contributed by atoms with E-state index in [0.29, 0.717) is 23.6 Å². The molecule has 226 valence electrons. The number of ether oxygens (including phenoxy) is 2. The number of aromatic carboxylic acids is 1. The van der Waals surface area contributed by atoms with E-state index in [1.165, 1.54) is 11.0 Å². The van der Waals surface area contributed by atoms with Gasteiger partial charge in [0.25, 0.3) is 5.91 Å². The Morgan fingerprint density at radius 3 is 2.53 bits per heavy atom. The predicted octanol–water partition coefficient (Wildman–Crippen LogP) is 4.44. The van der Waals surface area contributed by atoms with Crippen LogP contribution in [-0.4, -0.2) is 88.3 Å². The number of fused-ring (bicyclic) bond motifs is 1. The molecule has 1 amide bonds. The van der Waals surface area contributed by atoms with Crippen molar-refractivity contribution in [2.45, 2.75) is 38.0 Å². The van der Waals surface area contributed by atoms with E-state index in [1.807, 2.05) is 16.7 Å². The maximum Gasteiger partial charge on any atom is 0.335 e. The SMILES string of the molecule is COC(CN1CCC(c2cccc(OCc3ccc(C(=O)N(C)C)cc3F)n2)CC1)Cn1cnc2ccc(C(=O)O)cc21. The molecule has 1 aliphatic rings. The molecule has 2 aromatic heterocycles. The summed E-state index contributed by atoms with van der Waals surface area (Å²) in [5.74, 6) is -0.999. The summed E-state index contributed by atoms with van der Waals surface area (Å²) < 4.78 is 28.2. The third-order valence-corrected chi connectivity index (χ3v) is 7.90. The molecule has 43 heavy (non-hydrogen) atoms. The summed E-state index contributed by atoms with van der Waals surface area (Å²) in [6.45, 7) is 3.08. The predicted molar refractivity (Wildman–Crippen MR) is 159 cm³/mol. The zero-order chi connectivity index (χ0) is 30.5. The van der Waals surface area contributed by atoms with E-state index in [2.05, 4.69) is 9.88 Å². The van der Waals surface area contributed by atoms with Crippen LogP contribution in [0.2, 0.25) is 0 Å². The number of benzene rings is 2. The molecule has 1 atom stereocenters. The quantitative estimate of drug-likeness (QED) is 0.274. The third-order valence-electron chi connectivity index (χ3n) is 7.90. The van der Waals surface area contributed by atoms with E-state index in [1.54, 1.807) is 63.9 Å². The molecule has 5 rings (SSSR count). The van der Waals surface area contributed by atoms with E-state index in [4.69, 9.17) is 14.5 Å². The summed E-state index contributed by atoms with van der Waals surface area (Å²) in [6, 6.07) is 15.0. The molecule has 1 saturated heterocycles. The fraction of sp³-hybridized carbons (Fsp3) is 0.375. The van der Waals surface area contributed by atoms with Gasteiger partial charge in [0, 0.05) is 56.6 Å². The van der Waals surface area contributed by atoms with Crippen LogP contribution in [0.3, 0.4) is 0 Å². The van der Waals surface area contributed by atoms with Crippen molar-refractivity contribution in [3.8, 4) is 5.88 Å². The van der Waals surface area contributed by atoms with Gasteiger partial charge in [-0.05, 0) is 62.3 Å². The van der Waals surface area contributed by atoms with Gasteiger partial charge in [-0.15, -0.1) is 0 Å². The Bertz CT molecular complexity index is 1600. The number of nitrogens with zero attached hydrogens (tertiary/aromatic N) is 5. The molecular formula is C32H36FN5O5. The monoisotopic (exact) mass is 589 g/mol. The second-order valence-electron chi connectivity index (χ2n) is 11.0. The molecule has 0 saturated carbocycles. The number of piperidine rings is 1. The van der Waals surface area contributed by atoms with Crippen LogP contribution < -0.4 is 4.74 Å². The highest BCUT2D eigenvalue weighted by Crippen LogP contribution is 2.28. The number of aromatic nitrogens is 3. The highest BCUT2D eigenvalue weighted by Gasteiger charge is 2.24. The van der Waals surface area contributed by atoms with Crippen LogP contribution in [0.15, 0.2) is 60.9 Å². The van der Waals surface area contributed by atoms with Crippen LogP contribution in [0.1, 0.15) is 50.7 Å². The van der Waals surface area contributed by atoms with E-state index < -0.39 is 11.8 Å². The highest BCUT2D eigenvalue weighted by molar-refractivity contribution is 5.94. The molecule has 1 fully saturated rings. The van der Waals surface area contributed by atoms with Gasteiger partial charge in [-0.3, -0.25) is 4.79 Å². The number of rotatable bonds is 11. The number of carbonyl (C=O) groups is 2. The Labute approximate surface area is 249 Å². The number of likely N-dealkylation sites (tertiary alicyclic amines) is 1. The fourth-order valence-corrected chi connectivity index (χ4v) is 5.41. The van der Waals surface area contributed by atoms with Crippen molar-refractivity contribution in [3.63, 3.8) is 0 Å². The molecule has 0 spiro atoms. The van der Waals surface area contributed by atoms with Gasteiger partial charge in [-0.25, -0.2) is 19.2 Å². The first-order chi connectivity index (χ1) is 20.7. The summed E-state index contributed by atoms with van der Waals surface area (Å²) in [5, 5.41) is 9.36. The Balaban J connectivity index is 1.14. The number of imidazole rings is 1. The number of pyridine rings is 1. The van der Waals surface area contributed by atoms with Crippen molar-refractivity contribution in [1.82, 2.24) is 24.3 Å². The summed E-state index contributed by atoms with van der Waals surface area (Å²) >= 11 is 0. The fourth-order valence-electron chi connectivity index (χ4n) is 5.41. The first-order valence-electron chi connectivity index (χ1n) is 14.2. The van der Waals surface area contributed by atoms with E-state index in [-0.39, 0.29) is 30.1 Å². The van der Waals surface area contributed by atoms with Crippen LogP contribution in [-0.2, 0) is 17.9 Å². The minimum absolute atomic E-state index is 0.0133. The number of hydrogen-bond acceptors (Lipinski definition) is 7. The van der Waals surface area contributed by atoms with Gasteiger partial charge in [0.15, 0.2) is 0 Å². The maximum absolute atomic E-state index is 14.6. The zero-order valence-electron chi connectivity index (χ0n) is 24.6. The maximum atomic E-state index is 14.6. The van der Waals surface area contributed by atoms with Crippen LogP contribution in [0.25, 0.3) is 11.0 Å². The van der Waals surface area contributed by atoms with Crippen LogP contribution in [0.4, 0.5) is 4.39 Å². The van der Waals surface area contributed by atoms with Crippen molar-refractivity contribution < 1.29 is 28.6 Å². The van der Waals surface area contributed by atoms with Crippen molar-refractivity contribution in [1.29, 1.82) is 0 Å². The molecule has 1 N–H and O–H groups in total. The first kappa shape index (κ1) is 30.1. The Kier molecular flexibility index (Phi) is 9.32. The summed E-state index contributed by atoms with van der Waals surface area (Å²) in [4.78, 5) is 36.4. The lowest BCUT2D eigenvalue weighted by atomic mass is 9.93. The van der Waals surface area contributed by atoms with Crippen LogP contribution in [0.5, 0.6) is 5.88 Å². The first-order valence-corrected chi connectivity index (χ1v) is 14.2. The Morgan fingerprint density at radius 1 is 1.07 bits per heavy atom. The van der Waals surface area contributed by atoms with Gasteiger partial charge in [0.05, 0.1) is 35.6 Å². The smallest absolute Gasteiger partial charge is 0.335 e. The van der Waals surface area contributed by atoms with E-state index >= 15 is 0 Å². The van der Waals surface area contributed by atoms with E-state index in [0.717, 1.165) is 49.2 Å². The molecule has 0 aliphatic carbocycles. The number of halogens is 1. The molecule has 1 aliphatic heterocycles. The largest absolute Gasteiger partial charge is 0.478 e. The molecule has 0 bridgehead atoms. The van der Waals surface area contributed by atoms with Crippen LogP contribution in [0, 0.1) is 5.82 Å². The lowest BCUT2D eigenvalue weighted by Crippen LogP contribution is -2.40. The number of hydrogen-bond donors (Lipinski definition) is 1. The summed E-state index contributed by atoms with van der Waals surface area (Å²) in [7, 11) is 4.95.